The van der Waals surface area contributed by atoms with Crippen LogP contribution in [0.4, 0.5) is 10.1 Å². The molecule has 2 N–H and O–H groups in total. The third-order valence-corrected chi connectivity index (χ3v) is 4.80. The Bertz CT molecular complexity index is 557. The van der Waals surface area contributed by atoms with Gasteiger partial charge in [-0.3, -0.25) is 9.69 Å². The summed E-state index contributed by atoms with van der Waals surface area (Å²) in [5.41, 5.74) is 1.11. The molecule has 1 aliphatic carbocycles. The molecule has 134 valence electrons. The second-order valence-electron chi connectivity index (χ2n) is 6.91. The molecule has 1 heterocycles. The van der Waals surface area contributed by atoms with Crippen molar-refractivity contribution in [3.05, 3.63) is 29.6 Å². The van der Waals surface area contributed by atoms with Crippen LogP contribution in [-0.2, 0) is 4.79 Å². The number of anilines is 1. The van der Waals surface area contributed by atoms with Crippen molar-refractivity contribution in [1.82, 2.24) is 10.2 Å². The van der Waals surface area contributed by atoms with Gasteiger partial charge in [-0.2, -0.15) is 0 Å². The topological polar surface area (TPSA) is 44.4 Å². The quantitative estimate of drug-likeness (QED) is 0.824. The molecule has 24 heavy (non-hydrogen) atoms. The van der Waals surface area contributed by atoms with E-state index in [0.717, 1.165) is 38.4 Å². The standard InChI is InChI=1S/C18H26FN3O.ClH/c1-13-2-5-16(10-17(13)19)21-18(23)12-22-8-6-15(7-9-22)20-11-14-3-4-14;/h2,5,10,14-15,20H,3-4,6-9,11-12H2,1H3,(H,21,23);1H. The van der Waals surface area contributed by atoms with Crippen molar-refractivity contribution in [2.45, 2.75) is 38.6 Å². The molecule has 0 aromatic heterocycles. The fourth-order valence-electron chi connectivity index (χ4n) is 3.02. The second kappa shape index (κ2) is 8.79. The van der Waals surface area contributed by atoms with Gasteiger partial charge >= 0.3 is 0 Å². The number of rotatable bonds is 6. The number of benzene rings is 1. The predicted molar refractivity (Wildman–Crippen MR) is 97.2 cm³/mol. The van der Waals surface area contributed by atoms with Gasteiger partial charge < -0.3 is 10.6 Å². The molecule has 0 spiro atoms. The van der Waals surface area contributed by atoms with Crippen LogP contribution in [-0.4, -0.2) is 43.0 Å². The third kappa shape index (κ3) is 5.72. The predicted octanol–water partition coefficient (Wildman–Crippen LogP) is 2.96. The minimum atomic E-state index is -0.287. The SMILES string of the molecule is Cc1ccc(NC(=O)CN2CCC(NCC3CC3)CC2)cc1F.Cl. The Morgan fingerprint density at radius 1 is 1.25 bits per heavy atom. The van der Waals surface area contributed by atoms with Crippen molar-refractivity contribution >= 4 is 24.0 Å². The van der Waals surface area contributed by atoms with E-state index in [0.29, 0.717) is 23.8 Å². The number of hydrogen-bond acceptors (Lipinski definition) is 3. The molecular weight excluding hydrogens is 329 g/mol. The lowest BCUT2D eigenvalue weighted by Gasteiger charge is -2.32. The summed E-state index contributed by atoms with van der Waals surface area (Å²) < 4.78 is 13.5. The second-order valence-corrected chi connectivity index (χ2v) is 6.91. The van der Waals surface area contributed by atoms with Crippen LogP contribution in [0.5, 0.6) is 0 Å². The molecule has 0 atom stereocenters. The Kier molecular flexibility index (Phi) is 7.02. The number of halogens is 2. The minimum absolute atomic E-state index is 0. The highest BCUT2D eigenvalue weighted by Crippen LogP contribution is 2.28. The zero-order chi connectivity index (χ0) is 16.2. The number of carbonyl (C=O) groups excluding carboxylic acids is 1. The molecule has 3 rings (SSSR count). The first-order chi connectivity index (χ1) is 11.1. The lowest BCUT2D eigenvalue weighted by Crippen LogP contribution is -2.45. The Labute approximate surface area is 149 Å². The number of nitrogens with zero attached hydrogens (tertiary/aromatic N) is 1. The summed E-state index contributed by atoms with van der Waals surface area (Å²) in [5, 5.41) is 6.42. The Balaban J connectivity index is 0.00000208. The van der Waals surface area contributed by atoms with Gasteiger partial charge in [0.05, 0.1) is 6.54 Å². The van der Waals surface area contributed by atoms with Crippen LogP contribution in [0.15, 0.2) is 18.2 Å². The molecule has 1 aromatic carbocycles. The average Bonchev–Trinajstić information content (AvgIpc) is 3.34. The van der Waals surface area contributed by atoms with E-state index in [4.69, 9.17) is 0 Å². The smallest absolute Gasteiger partial charge is 0.238 e. The minimum Gasteiger partial charge on any atom is -0.325 e. The van der Waals surface area contributed by atoms with Gasteiger partial charge in [-0.05, 0) is 62.8 Å². The van der Waals surface area contributed by atoms with Crippen LogP contribution in [0.2, 0.25) is 0 Å². The highest BCUT2D eigenvalue weighted by atomic mass is 35.5. The van der Waals surface area contributed by atoms with E-state index < -0.39 is 0 Å². The van der Waals surface area contributed by atoms with Gasteiger partial charge in [0.25, 0.3) is 0 Å². The molecule has 1 aromatic rings. The zero-order valence-corrected chi connectivity index (χ0v) is 15.0. The van der Waals surface area contributed by atoms with Crippen LogP contribution in [0, 0.1) is 18.7 Å². The molecule has 1 aliphatic heterocycles. The molecule has 0 unspecified atom stereocenters. The zero-order valence-electron chi connectivity index (χ0n) is 14.2. The number of piperidine rings is 1. The molecule has 0 radical (unpaired) electrons. The average molecular weight is 356 g/mol. The fraction of sp³-hybridized carbons (Fsp3) is 0.611. The summed E-state index contributed by atoms with van der Waals surface area (Å²) in [5.74, 6) is 0.553. The molecule has 2 fully saturated rings. The molecule has 1 saturated heterocycles. The molecule has 2 aliphatic rings. The summed E-state index contributed by atoms with van der Waals surface area (Å²) in [6.07, 6.45) is 4.95. The van der Waals surface area contributed by atoms with Gasteiger partial charge in [-0.1, -0.05) is 6.07 Å². The van der Waals surface area contributed by atoms with Crippen molar-refractivity contribution in [3.63, 3.8) is 0 Å². The maximum atomic E-state index is 13.5. The first kappa shape index (κ1) is 19.2. The molecule has 6 heteroatoms. The maximum Gasteiger partial charge on any atom is 0.238 e. The third-order valence-electron chi connectivity index (χ3n) is 4.80. The van der Waals surface area contributed by atoms with Crippen LogP contribution in [0.25, 0.3) is 0 Å². The molecule has 4 nitrogen and oxygen atoms in total. The van der Waals surface area contributed by atoms with E-state index in [-0.39, 0.29) is 24.1 Å². The van der Waals surface area contributed by atoms with Crippen molar-refractivity contribution in [2.24, 2.45) is 5.92 Å². The summed E-state index contributed by atoms with van der Waals surface area (Å²) in [4.78, 5) is 14.3. The van der Waals surface area contributed by atoms with Crippen LogP contribution in [0.1, 0.15) is 31.2 Å². The van der Waals surface area contributed by atoms with Crippen molar-refractivity contribution in [1.29, 1.82) is 0 Å². The first-order valence-electron chi connectivity index (χ1n) is 8.62. The maximum absolute atomic E-state index is 13.5. The number of carbonyl (C=O) groups is 1. The summed E-state index contributed by atoms with van der Waals surface area (Å²) in [7, 11) is 0. The lowest BCUT2D eigenvalue weighted by atomic mass is 10.0. The molecule has 1 amide bonds. The van der Waals surface area contributed by atoms with Gasteiger partial charge in [-0.25, -0.2) is 4.39 Å². The first-order valence-corrected chi connectivity index (χ1v) is 8.62. The van der Waals surface area contributed by atoms with E-state index in [1.807, 2.05) is 0 Å². The largest absolute Gasteiger partial charge is 0.325 e. The number of hydrogen-bond donors (Lipinski definition) is 2. The highest BCUT2D eigenvalue weighted by Gasteiger charge is 2.24. The van der Waals surface area contributed by atoms with Gasteiger partial charge in [-0.15, -0.1) is 12.4 Å². The molecule has 1 saturated carbocycles. The molecule has 0 bridgehead atoms. The normalized spacial score (nSPS) is 18.9. The van der Waals surface area contributed by atoms with Gasteiger partial charge in [0, 0.05) is 24.8 Å². The van der Waals surface area contributed by atoms with Gasteiger partial charge in [0.15, 0.2) is 0 Å². The Morgan fingerprint density at radius 3 is 2.58 bits per heavy atom. The van der Waals surface area contributed by atoms with Gasteiger partial charge in [0.2, 0.25) is 5.91 Å². The molecular formula is C18H27ClFN3O. The number of likely N-dealkylation sites (tertiary alicyclic amines) is 1. The highest BCUT2D eigenvalue weighted by molar-refractivity contribution is 5.92. The van der Waals surface area contributed by atoms with E-state index >= 15 is 0 Å². The van der Waals surface area contributed by atoms with Crippen LogP contribution < -0.4 is 10.6 Å². The lowest BCUT2D eigenvalue weighted by molar-refractivity contribution is -0.117. The summed E-state index contributed by atoms with van der Waals surface area (Å²) >= 11 is 0. The monoisotopic (exact) mass is 355 g/mol. The Morgan fingerprint density at radius 2 is 1.96 bits per heavy atom. The van der Waals surface area contributed by atoms with E-state index in [1.54, 1.807) is 19.1 Å². The fourth-order valence-corrected chi connectivity index (χ4v) is 3.02. The van der Waals surface area contributed by atoms with Crippen molar-refractivity contribution in [2.75, 3.05) is 31.5 Å². The van der Waals surface area contributed by atoms with E-state index in [2.05, 4.69) is 15.5 Å². The van der Waals surface area contributed by atoms with Gasteiger partial charge in [0.1, 0.15) is 5.82 Å². The summed E-state index contributed by atoms with van der Waals surface area (Å²) in [6.45, 7) is 5.13. The Hall–Kier alpha value is -1.17. The van der Waals surface area contributed by atoms with Crippen LogP contribution >= 0.6 is 12.4 Å². The number of nitrogens with one attached hydrogen (secondary N) is 2. The van der Waals surface area contributed by atoms with Crippen molar-refractivity contribution < 1.29 is 9.18 Å². The number of aryl methyl sites for hydroxylation is 1. The number of amides is 1. The van der Waals surface area contributed by atoms with Crippen LogP contribution in [0.3, 0.4) is 0 Å². The summed E-state index contributed by atoms with van der Waals surface area (Å²) in [6, 6.07) is 5.40. The van der Waals surface area contributed by atoms with Crippen molar-refractivity contribution in [3.8, 4) is 0 Å². The van der Waals surface area contributed by atoms with E-state index in [9.17, 15) is 9.18 Å². The van der Waals surface area contributed by atoms with E-state index in [1.165, 1.54) is 18.9 Å².